The first-order valence-corrected chi connectivity index (χ1v) is 5.45. The van der Waals surface area contributed by atoms with Crippen LogP contribution in [0.15, 0.2) is 23.8 Å². The van der Waals surface area contributed by atoms with Gasteiger partial charge < -0.3 is 4.90 Å². The summed E-state index contributed by atoms with van der Waals surface area (Å²) in [7, 11) is 0. The van der Waals surface area contributed by atoms with Crippen molar-refractivity contribution in [1.82, 2.24) is 4.90 Å². The second-order valence-corrected chi connectivity index (χ2v) is 4.23. The molecule has 1 saturated heterocycles. The minimum absolute atomic E-state index is 0.227. The lowest BCUT2D eigenvalue weighted by atomic mass is 9.98. The lowest BCUT2D eigenvalue weighted by Gasteiger charge is -2.18. The Balaban J connectivity index is 2.01. The van der Waals surface area contributed by atoms with Crippen LogP contribution in [-0.4, -0.2) is 23.9 Å². The number of hydrogen-bond donors (Lipinski definition) is 0. The van der Waals surface area contributed by atoms with Gasteiger partial charge in [-0.25, -0.2) is 0 Å². The molecule has 2 nitrogen and oxygen atoms in total. The summed E-state index contributed by atoms with van der Waals surface area (Å²) < 4.78 is 0. The van der Waals surface area contributed by atoms with E-state index in [0.717, 1.165) is 25.1 Å². The van der Waals surface area contributed by atoms with Crippen molar-refractivity contribution in [2.45, 2.75) is 26.2 Å². The highest BCUT2D eigenvalue weighted by Gasteiger charge is 2.20. The van der Waals surface area contributed by atoms with E-state index in [1.807, 2.05) is 11.0 Å². The molecule has 1 heterocycles. The third kappa shape index (κ3) is 1.89. The number of hydrogen-bond acceptors (Lipinski definition) is 1. The minimum Gasteiger partial charge on any atom is -0.339 e. The van der Waals surface area contributed by atoms with Gasteiger partial charge in [-0.15, -0.1) is 0 Å². The van der Waals surface area contributed by atoms with Crippen LogP contribution in [0.1, 0.15) is 26.2 Å². The van der Waals surface area contributed by atoms with E-state index in [1.165, 1.54) is 12.8 Å². The molecule has 0 aromatic carbocycles. The fraction of sp³-hybridized carbons (Fsp3) is 0.583. The van der Waals surface area contributed by atoms with Crippen molar-refractivity contribution < 1.29 is 4.79 Å². The van der Waals surface area contributed by atoms with E-state index in [0.29, 0.717) is 5.92 Å². The first-order chi connectivity index (χ1) is 6.77. The fourth-order valence-corrected chi connectivity index (χ4v) is 1.99. The molecule has 0 N–H and O–H groups in total. The maximum atomic E-state index is 11.9. The first-order valence-electron chi connectivity index (χ1n) is 5.45. The lowest BCUT2D eigenvalue weighted by Crippen LogP contribution is -2.29. The van der Waals surface area contributed by atoms with E-state index in [4.69, 9.17) is 0 Å². The summed E-state index contributed by atoms with van der Waals surface area (Å²) >= 11 is 0. The van der Waals surface area contributed by atoms with Crippen LogP contribution in [0, 0.1) is 5.92 Å². The van der Waals surface area contributed by atoms with Gasteiger partial charge in [0.2, 0.25) is 0 Å². The molecule has 2 heteroatoms. The van der Waals surface area contributed by atoms with E-state index < -0.39 is 0 Å². The number of carbonyl (C=O) groups is 1. The van der Waals surface area contributed by atoms with Gasteiger partial charge in [0.15, 0.2) is 0 Å². The number of amides is 1. The highest BCUT2D eigenvalue weighted by Crippen LogP contribution is 2.19. The van der Waals surface area contributed by atoms with Gasteiger partial charge in [-0.1, -0.05) is 25.2 Å². The molecule has 0 spiro atoms. The van der Waals surface area contributed by atoms with Crippen LogP contribution >= 0.6 is 0 Å². The molecule has 76 valence electrons. The molecule has 1 aliphatic heterocycles. The number of nitrogens with zero attached hydrogens (tertiary/aromatic N) is 1. The molecular formula is C12H17NO. The summed E-state index contributed by atoms with van der Waals surface area (Å²) in [5, 5.41) is 0. The average molecular weight is 191 g/mol. The zero-order valence-electron chi connectivity index (χ0n) is 8.70. The van der Waals surface area contributed by atoms with E-state index >= 15 is 0 Å². The Morgan fingerprint density at radius 1 is 1.43 bits per heavy atom. The fourth-order valence-electron chi connectivity index (χ4n) is 1.99. The van der Waals surface area contributed by atoms with Crippen molar-refractivity contribution >= 4 is 5.91 Å². The van der Waals surface area contributed by atoms with Gasteiger partial charge in [0.1, 0.15) is 0 Å². The van der Waals surface area contributed by atoms with E-state index in [1.54, 1.807) is 0 Å². The number of carbonyl (C=O) groups excluding carboxylic acids is 1. The van der Waals surface area contributed by atoms with Crippen LogP contribution < -0.4 is 0 Å². The maximum Gasteiger partial charge on any atom is 0.253 e. The molecule has 14 heavy (non-hydrogen) atoms. The molecule has 2 rings (SSSR count). The zero-order valence-corrected chi connectivity index (χ0v) is 8.70. The number of likely N-dealkylation sites (tertiary alicyclic amines) is 1. The summed E-state index contributed by atoms with van der Waals surface area (Å²) in [6.07, 6.45) is 9.52. The van der Waals surface area contributed by atoms with E-state index in [-0.39, 0.29) is 5.91 Å². The van der Waals surface area contributed by atoms with Crippen molar-refractivity contribution in [2.24, 2.45) is 5.92 Å². The van der Waals surface area contributed by atoms with Gasteiger partial charge in [0.25, 0.3) is 5.91 Å². The predicted molar refractivity (Wildman–Crippen MR) is 56.8 cm³/mol. The molecule has 0 saturated carbocycles. The van der Waals surface area contributed by atoms with E-state index in [9.17, 15) is 4.79 Å². The Hall–Kier alpha value is -1.05. The van der Waals surface area contributed by atoms with Crippen molar-refractivity contribution in [3.8, 4) is 0 Å². The van der Waals surface area contributed by atoms with Gasteiger partial charge >= 0.3 is 0 Å². The van der Waals surface area contributed by atoms with E-state index in [2.05, 4.69) is 19.1 Å². The van der Waals surface area contributed by atoms with Gasteiger partial charge in [-0.3, -0.25) is 4.79 Å². The van der Waals surface area contributed by atoms with Crippen LogP contribution in [0.2, 0.25) is 0 Å². The highest BCUT2D eigenvalue weighted by molar-refractivity contribution is 5.96. The number of rotatable bonds is 1. The van der Waals surface area contributed by atoms with Gasteiger partial charge in [0, 0.05) is 18.7 Å². The van der Waals surface area contributed by atoms with Crippen molar-refractivity contribution in [3.63, 3.8) is 0 Å². The average Bonchev–Trinajstić information content (AvgIpc) is 2.71. The lowest BCUT2D eigenvalue weighted by molar-refractivity contribution is -0.125. The molecule has 1 aliphatic carbocycles. The first kappa shape index (κ1) is 9.50. The Kier molecular flexibility index (Phi) is 2.71. The van der Waals surface area contributed by atoms with Crippen molar-refractivity contribution in [1.29, 1.82) is 0 Å². The molecule has 1 fully saturated rings. The zero-order chi connectivity index (χ0) is 9.97. The van der Waals surface area contributed by atoms with Gasteiger partial charge in [0.05, 0.1) is 0 Å². The predicted octanol–water partition coefficient (Wildman–Crippen LogP) is 2.13. The van der Waals surface area contributed by atoms with Crippen LogP contribution in [-0.2, 0) is 4.79 Å². The summed E-state index contributed by atoms with van der Waals surface area (Å²) in [6, 6.07) is 0. The second kappa shape index (κ2) is 3.99. The SMILES string of the molecule is C[C@@H]1C=CC(C(=O)N2CCCC2)=CC1. The largest absolute Gasteiger partial charge is 0.339 e. The Morgan fingerprint density at radius 2 is 2.14 bits per heavy atom. The number of allylic oxidation sites excluding steroid dienone is 2. The van der Waals surface area contributed by atoms with Crippen LogP contribution in [0.5, 0.6) is 0 Å². The molecule has 1 atom stereocenters. The topological polar surface area (TPSA) is 20.3 Å². The molecule has 1 amide bonds. The second-order valence-electron chi connectivity index (χ2n) is 4.23. The maximum absolute atomic E-state index is 11.9. The smallest absolute Gasteiger partial charge is 0.253 e. The van der Waals surface area contributed by atoms with Crippen LogP contribution in [0.25, 0.3) is 0 Å². The molecule has 0 aromatic rings. The van der Waals surface area contributed by atoms with Crippen LogP contribution in [0.3, 0.4) is 0 Å². The van der Waals surface area contributed by atoms with Gasteiger partial charge in [-0.2, -0.15) is 0 Å². The third-order valence-electron chi connectivity index (χ3n) is 2.95. The normalized spacial score (nSPS) is 26.5. The molecule has 0 radical (unpaired) electrons. The summed E-state index contributed by atoms with van der Waals surface area (Å²) in [5.41, 5.74) is 0.894. The minimum atomic E-state index is 0.227. The Morgan fingerprint density at radius 3 is 2.71 bits per heavy atom. The monoisotopic (exact) mass is 191 g/mol. The standard InChI is InChI=1S/C12H17NO/c1-10-4-6-11(7-5-10)12(14)13-8-2-3-9-13/h4,6-7,10H,2-3,5,8-9H2,1H3/t10-/m1/s1. The highest BCUT2D eigenvalue weighted by atomic mass is 16.2. The molecular weight excluding hydrogens is 174 g/mol. The molecule has 2 aliphatic rings. The Labute approximate surface area is 85.3 Å². The van der Waals surface area contributed by atoms with Crippen LogP contribution in [0.4, 0.5) is 0 Å². The summed E-state index contributed by atoms with van der Waals surface area (Å²) in [5.74, 6) is 0.816. The summed E-state index contributed by atoms with van der Waals surface area (Å²) in [4.78, 5) is 13.9. The third-order valence-corrected chi connectivity index (χ3v) is 2.95. The Bertz CT molecular complexity index is 285. The quantitative estimate of drug-likeness (QED) is 0.621. The van der Waals surface area contributed by atoms with Crippen molar-refractivity contribution in [2.75, 3.05) is 13.1 Å². The molecule has 0 bridgehead atoms. The molecule has 0 aromatic heterocycles. The van der Waals surface area contributed by atoms with Crippen molar-refractivity contribution in [3.05, 3.63) is 23.8 Å². The summed E-state index contributed by atoms with van der Waals surface area (Å²) in [6.45, 7) is 4.06. The molecule has 0 unspecified atom stereocenters. The van der Waals surface area contributed by atoms with Gasteiger partial charge in [-0.05, 0) is 25.2 Å².